The Morgan fingerprint density at radius 3 is 2.73 bits per heavy atom. The van der Waals surface area contributed by atoms with E-state index in [2.05, 4.69) is 4.90 Å². The second-order valence-electron chi connectivity index (χ2n) is 6.74. The molecule has 1 amide bonds. The molecule has 1 aromatic carbocycles. The highest BCUT2D eigenvalue weighted by molar-refractivity contribution is 8.03. The molecule has 3 rings (SSSR count). The zero-order chi connectivity index (χ0) is 18.7. The first kappa shape index (κ1) is 18.6. The number of nitrogens with zero attached hydrogens (tertiary/aromatic N) is 2. The number of carbonyl (C=O) groups excluding carboxylic acids is 2. The Bertz CT molecular complexity index is 756. The lowest BCUT2D eigenvalue weighted by Gasteiger charge is -2.18. The highest BCUT2D eigenvalue weighted by atomic mass is 32.2. The Labute approximate surface area is 158 Å². The van der Waals surface area contributed by atoms with Gasteiger partial charge in [0.1, 0.15) is 0 Å². The molecule has 26 heavy (non-hydrogen) atoms. The van der Waals surface area contributed by atoms with Crippen molar-refractivity contribution in [2.24, 2.45) is 0 Å². The van der Waals surface area contributed by atoms with Gasteiger partial charge in [-0.1, -0.05) is 30.3 Å². The Balaban J connectivity index is 1.68. The van der Waals surface area contributed by atoms with Crippen LogP contribution in [0.2, 0.25) is 0 Å². The van der Waals surface area contributed by atoms with Crippen LogP contribution in [0, 0.1) is 0 Å². The van der Waals surface area contributed by atoms with Crippen molar-refractivity contribution in [2.75, 3.05) is 19.3 Å². The third kappa shape index (κ3) is 4.12. The van der Waals surface area contributed by atoms with E-state index < -0.39 is 0 Å². The van der Waals surface area contributed by atoms with Gasteiger partial charge in [0.25, 0.3) is 0 Å². The summed E-state index contributed by atoms with van der Waals surface area (Å²) in [5.74, 6) is 0.446. The van der Waals surface area contributed by atoms with Gasteiger partial charge in [-0.15, -0.1) is 11.8 Å². The van der Waals surface area contributed by atoms with Crippen LogP contribution in [0.15, 0.2) is 52.7 Å². The molecule has 138 valence electrons. The maximum absolute atomic E-state index is 12.6. The van der Waals surface area contributed by atoms with Gasteiger partial charge in [0, 0.05) is 44.1 Å². The molecule has 2 aliphatic rings. The Kier molecular flexibility index (Phi) is 5.71. The van der Waals surface area contributed by atoms with E-state index >= 15 is 0 Å². The first-order valence-electron chi connectivity index (χ1n) is 8.79. The van der Waals surface area contributed by atoms with Crippen LogP contribution in [0.5, 0.6) is 0 Å². The SMILES string of the molecule is CC(C)OC(=O)C1=C2SCC(=CC(=O)N(C)Cc3ccccc3)N2CC1. The summed E-state index contributed by atoms with van der Waals surface area (Å²) in [5, 5.41) is 0.945. The van der Waals surface area contributed by atoms with Crippen molar-refractivity contribution in [1.82, 2.24) is 9.80 Å². The normalized spacial score (nSPS) is 17.8. The standard InChI is InChI=1S/C20H24N2O3S/c1-14(2)25-20(24)17-9-10-22-16(13-26-19(17)22)11-18(23)21(3)12-15-7-5-4-6-8-15/h4-8,11,14H,9-10,12-13H2,1-3H3. The van der Waals surface area contributed by atoms with Crippen molar-refractivity contribution in [3.05, 3.63) is 58.3 Å². The predicted molar refractivity (Wildman–Crippen MR) is 103 cm³/mol. The second kappa shape index (κ2) is 7.99. The van der Waals surface area contributed by atoms with Crippen molar-refractivity contribution in [3.63, 3.8) is 0 Å². The summed E-state index contributed by atoms with van der Waals surface area (Å²) >= 11 is 1.61. The van der Waals surface area contributed by atoms with Gasteiger partial charge in [-0.05, 0) is 19.4 Å². The summed E-state index contributed by atoms with van der Waals surface area (Å²) in [6.45, 7) is 5.01. The van der Waals surface area contributed by atoms with Crippen LogP contribution in [0.25, 0.3) is 0 Å². The molecule has 0 N–H and O–H groups in total. The molecular weight excluding hydrogens is 348 g/mol. The quantitative estimate of drug-likeness (QED) is 0.587. The molecule has 0 bridgehead atoms. The fraction of sp³-hybridized carbons (Fsp3) is 0.400. The number of fused-ring (bicyclic) bond motifs is 1. The maximum atomic E-state index is 12.6. The first-order valence-corrected chi connectivity index (χ1v) is 9.78. The summed E-state index contributed by atoms with van der Waals surface area (Å²) in [6.07, 6.45) is 2.23. The van der Waals surface area contributed by atoms with Crippen LogP contribution in [0.4, 0.5) is 0 Å². The van der Waals surface area contributed by atoms with E-state index in [1.807, 2.05) is 44.2 Å². The van der Waals surface area contributed by atoms with E-state index in [1.54, 1.807) is 29.8 Å². The largest absolute Gasteiger partial charge is 0.460 e. The third-order valence-corrected chi connectivity index (χ3v) is 5.49. The maximum Gasteiger partial charge on any atom is 0.336 e. The van der Waals surface area contributed by atoms with E-state index in [0.29, 0.717) is 18.7 Å². The van der Waals surface area contributed by atoms with Crippen LogP contribution >= 0.6 is 11.8 Å². The number of thioether (sulfide) groups is 1. The Hall–Kier alpha value is -2.21. The number of carbonyl (C=O) groups is 2. The summed E-state index contributed by atoms with van der Waals surface area (Å²) in [7, 11) is 1.81. The summed E-state index contributed by atoms with van der Waals surface area (Å²) in [4.78, 5) is 28.6. The van der Waals surface area contributed by atoms with Crippen molar-refractivity contribution in [3.8, 4) is 0 Å². The first-order chi connectivity index (χ1) is 12.5. The van der Waals surface area contributed by atoms with Crippen LogP contribution < -0.4 is 0 Å². The number of rotatable bonds is 5. The number of esters is 1. The molecule has 1 saturated heterocycles. The lowest BCUT2D eigenvalue weighted by atomic mass is 10.2. The Morgan fingerprint density at radius 2 is 2.04 bits per heavy atom. The highest BCUT2D eigenvalue weighted by Crippen LogP contribution is 2.42. The van der Waals surface area contributed by atoms with Crippen molar-refractivity contribution < 1.29 is 14.3 Å². The monoisotopic (exact) mass is 372 g/mol. The zero-order valence-corrected chi connectivity index (χ0v) is 16.2. The molecule has 0 saturated carbocycles. The van der Waals surface area contributed by atoms with Crippen LogP contribution in [0.1, 0.15) is 25.8 Å². The van der Waals surface area contributed by atoms with Gasteiger partial charge in [0.15, 0.2) is 0 Å². The number of amides is 1. The van der Waals surface area contributed by atoms with E-state index in [1.165, 1.54) is 0 Å². The van der Waals surface area contributed by atoms with Crippen molar-refractivity contribution >= 4 is 23.6 Å². The lowest BCUT2D eigenvalue weighted by Crippen LogP contribution is -2.26. The zero-order valence-electron chi connectivity index (χ0n) is 15.4. The summed E-state index contributed by atoms with van der Waals surface area (Å²) in [5.41, 5.74) is 2.79. The molecule has 0 spiro atoms. The van der Waals surface area contributed by atoms with Gasteiger partial charge < -0.3 is 14.5 Å². The van der Waals surface area contributed by atoms with Gasteiger partial charge in [-0.25, -0.2) is 4.79 Å². The molecule has 0 aliphatic carbocycles. The number of benzene rings is 1. The van der Waals surface area contributed by atoms with E-state index in [-0.39, 0.29) is 18.0 Å². The minimum Gasteiger partial charge on any atom is -0.460 e. The van der Waals surface area contributed by atoms with E-state index in [4.69, 9.17) is 4.74 Å². The molecule has 0 radical (unpaired) electrons. The average Bonchev–Trinajstić information content (AvgIpc) is 3.18. The minimum absolute atomic E-state index is 0.0242. The van der Waals surface area contributed by atoms with Gasteiger partial charge in [0.05, 0.1) is 16.7 Å². The minimum atomic E-state index is -0.237. The molecule has 1 fully saturated rings. The van der Waals surface area contributed by atoms with Gasteiger partial charge in [-0.2, -0.15) is 0 Å². The van der Waals surface area contributed by atoms with E-state index in [9.17, 15) is 9.59 Å². The molecule has 2 heterocycles. The third-order valence-electron chi connectivity index (χ3n) is 4.31. The average molecular weight is 372 g/mol. The van der Waals surface area contributed by atoms with Gasteiger partial charge >= 0.3 is 5.97 Å². The molecule has 0 unspecified atom stereocenters. The Morgan fingerprint density at radius 1 is 1.31 bits per heavy atom. The predicted octanol–water partition coefficient (Wildman–Crippen LogP) is 3.14. The second-order valence-corrected chi connectivity index (χ2v) is 7.71. The van der Waals surface area contributed by atoms with Crippen LogP contribution in [-0.4, -0.2) is 47.1 Å². The fourth-order valence-corrected chi connectivity index (χ4v) is 4.28. The highest BCUT2D eigenvalue weighted by Gasteiger charge is 2.35. The molecule has 6 heteroatoms. The van der Waals surface area contributed by atoms with Crippen LogP contribution in [0.3, 0.4) is 0 Å². The fourth-order valence-electron chi connectivity index (χ4n) is 3.04. The van der Waals surface area contributed by atoms with E-state index in [0.717, 1.165) is 28.4 Å². The lowest BCUT2D eigenvalue weighted by molar-refractivity contribution is -0.142. The number of ether oxygens (including phenoxy) is 1. The number of likely N-dealkylation sites (N-methyl/N-ethyl adjacent to an activating group) is 1. The molecule has 5 nitrogen and oxygen atoms in total. The molecule has 2 aliphatic heterocycles. The molecule has 0 aromatic heterocycles. The summed E-state index contributed by atoms with van der Waals surface area (Å²) < 4.78 is 5.33. The van der Waals surface area contributed by atoms with Gasteiger partial charge in [-0.3, -0.25) is 4.79 Å². The van der Waals surface area contributed by atoms with Crippen LogP contribution in [-0.2, 0) is 20.9 Å². The number of hydrogen-bond acceptors (Lipinski definition) is 5. The summed E-state index contributed by atoms with van der Waals surface area (Å²) in [6, 6.07) is 9.93. The molecular formula is C20H24N2O3S. The number of hydrogen-bond donors (Lipinski definition) is 0. The topological polar surface area (TPSA) is 49.9 Å². The van der Waals surface area contributed by atoms with Crippen molar-refractivity contribution in [2.45, 2.75) is 32.9 Å². The van der Waals surface area contributed by atoms with Crippen molar-refractivity contribution in [1.29, 1.82) is 0 Å². The van der Waals surface area contributed by atoms with Gasteiger partial charge in [0.2, 0.25) is 5.91 Å². The molecule has 1 aromatic rings. The molecule has 0 atom stereocenters. The smallest absolute Gasteiger partial charge is 0.336 e.